The van der Waals surface area contributed by atoms with Gasteiger partial charge in [0.2, 0.25) is 5.91 Å². The quantitative estimate of drug-likeness (QED) is 0.663. The maximum atomic E-state index is 11.6. The third-order valence-corrected chi connectivity index (χ3v) is 3.70. The molecule has 1 atom stereocenters. The first-order valence-electron chi connectivity index (χ1n) is 4.39. The fourth-order valence-electron chi connectivity index (χ4n) is 2.84. The molecule has 74 valence electrons. The molecule has 0 aromatic heterocycles. The Morgan fingerprint density at radius 1 is 1.46 bits per heavy atom. The summed E-state index contributed by atoms with van der Waals surface area (Å²) in [6.07, 6.45) is 4.34. The van der Waals surface area contributed by atoms with E-state index in [0.29, 0.717) is 5.41 Å². The molecule has 0 saturated heterocycles. The van der Waals surface area contributed by atoms with Crippen molar-refractivity contribution >= 4 is 21.5 Å². The predicted molar refractivity (Wildman–Crippen MR) is 53.7 cm³/mol. The smallest absolute Gasteiger partial charge is 0.237 e. The van der Waals surface area contributed by atoms with E-state index in [4.69, 9.17) is 0 Å². The number of rotatable bonds is 2. The number of nitrogens with one attached hydrogen (secondary N) is 1. The highest BCUT2D eigenvalue weighted by atomic mass is 32.2. The summed E-state index contributed by atoms with van der Waals surface area (Å²) < 4.78 is 13.7. The van der Waals surface area contributed by atoms with Crippen LogP contribution < -0.4 is 4.72 Å². The molecular formula is C9H15NO2S. The summed E-state index contributed by atoms with van der Waals surface area (Å²) in [5.41, 5.74) is 0.234. The van der Waals surface area contributed by atoms with E-state index in [1.807, 2.05) is 0 Å². The van der Waals surface area contributed by atoms with Crippen molar-refractivity contribution < 1.29 is 9.00 Å². The number of carbonyl (C=O) groups excluding carboxylic acids is 1. The summed E-state index contributed by atoms with van der Waals surface area (Å²) in [7, 11) is -2.38. The SMILES string of the molecule is C=S(C)(=O)NC(=O)C12CC(C)(C1)C2. The van der Waals surface area contributed by atoms with Crippen molar-refractivity contribution in [2.45, 2.75) is 26.2 Å². The van der Waals surface area contributed by atoms with Crippen LogP contribution in [-0.2, 0) is 14.5 Å². The predicted octanol–water partition coefficient (Wildman–Crippen LogP) is 0.554. The van der Waals surface area contributed by atoms with Crippen LogP contribution in [0.5, 0.6) is 0 Å². The maximum absolute atomic E-state index is 11.6. The number of hydrogen-bond donors (Lipinski definition) is 1. The lowest BCUT2D eigenvalue weighted by Gasteiger charge is -2.68. The van der Waals surface area contributed by atoms with Gasteiger partial charge in [0.1, 0.15) is 0 Å². The van der Waals surface area contributed by atoms with Crippen LogP contribution in [0.1, 0.15) is 26.2 Å². The average molecular weight is 201 g/mol. The lowest BCUT2D eigenvalue weighted by atomic mass is 9.36. The van der Waals surface area contributed by atoms with Gasteiger partial charge in [-0.25, -0.2) is 4.21 Å². The van der Waals surface area contributed by atoms with Gasteiger partial charge in [0, 0.05) is 16.0 Å². The van der Waals surface area contributed by atoms with Crippen molar-refractivity contribution in [1.82, 2.24) is 4.72 Å². The van der Waals surface area contributed by atoms with Gasteiger partial charge in [0.25, 0.3) is 0 Å². The van der Waals surface area contributed by atoms with E-state index >= 15 is 0 Å². The topological polar surface area (TPSA) is 46.2 Å². The van der Waals surface area contributed by atoms with Crippen LogP contribution in [0.15, 0.2) is 0 Å². The van der Waals surface area contributed by atoms with E-state index in [2.05, 4.69) is 17.5 Å². The van der Waals surface area contributed by atoms with Crippen molar-refractivity contribution in [3.05, 3.63) is 0 Å². The van der Waals surface area contributed by atoms with Crippen molar-refractivity contribution in [3.63, 3.8) is 0 Å². The first kappa shape index (κ1) is 9.06. The Labute approximate surface area is 79.0 Å². The lowest BCUT2D eigenvalue weighted by Crippen LogP contribution is -2.66. The van der Waals surface area contributed by atoms with E-state index < -0.39 is 9.71 Å². The highest BCUT2D eigenvalue weighted by Crippen LogP contribution is 2.73. The minimum absolute atomic E-state index is 0.0567. The fraction of sp³-hybridized carbons (Fsp3) is 0.778. The highest BCUT2D eigenvalue weighted by molar-refractivity contribution is 7.98. The zero-order valence-corrected chi connectivity index (χ0v) is 8.87. The van der Waals surface area contributed by atoms with Gasteiger partial charge in [-0.3, -0.25) is 9.52 Å². The second-order valence-electron chi connectivity index (χ2n) is 5.06. The Morgan fingerprint density at radius 3 is 2.23 bits per heavy atom. The summed E-state index contributed by atoms with van der Waals surface area (Å²) >= 11 is 0. The Morgan fingerprint density at radius 2 is 1.92 bits per heavy atom. The normalized spacial score (nSPS) is 45.4. The molecule has 0 spiro atoms. The van der Waals surface area contributed by atoms with E-state index in [1.165, 1.54) is 6.26 Å². The van der Waals surface area contributed by atoms with E-state index in [0.717, 1.165) is 19.3 Å². The van der Waals surface area contributed by atoms with E-state index in [9.17, 15) is 9.00 Å². The molecule has 4 heteroatoms. The van der Waals surface area contributed by atoms with Gasteiger partial charge < -0.3 is 0 Å². The first-order valence-corrected chi connectivity index (χ1v) is 6.53. The lowest BCUT2D eigenvalue weighted by molar-refractivity contribution is -0.197. The molecule has 0 aromatic carbocycles. The zero-order valence-electron chi connectivity index (χ0n) is 8.05. The summed E-state index contributed by atoms with van der Waals surface area (Å²) in [6, 6.07) is 0. The van der Waals surface area contributed by atoms with Gasteiger partial charge in [-0.2, -0.15) is 0 Å². The van der Waals surface area contributed by atoms with E-state index in [-0.39, 0.29) is 11.3 Å². The Hall–Kier alpha value is -0.510. The molecule has 0 heterocycles. The molecule has 3 nitrogen and oxygen atoms in total. The first-order chi connectivity index (χ1) is 5.75. The molecule has 1 N–H and O–H groups in total. The van der Waals surface area contributed by atoms with Gasteiger partial charge in [-0.05, 0) is 30.5 Å². The Bertz CT molecular complexity index is 349. The molecule has 3 saturated carbocycles. The number of amides is 1. The Kier molecular flexibility index (Phi) is 1.47. The van der Waals surface area contributed by atoms with Crippen molar-refractivity contribution in [2.24, 2.45) is 10.8 Å². The molecule has 3 rings (SSSR count). The molecule has 0 aliphatic heterocycles. The molecule has 3 fully saturated rings. The van der Waals surface area contributed by atoms with Crippen LogP contribution in [-0.4, -0.2) is 22.2 Å². The van der Waals surface area contributed by atoms with Crippen LogP contribution >= 0.6 is 0 Å². The summed E-state index contributed by atoms with van der Waals surface area (Å²) in [6.45, 7) is 2.19. The third-order valence-electron chi connectivity index (χ3n) is 3.09. The van der Waals surface area contributed by atoms with Crippen molar-refractivity contribution in [2.75, 3.05) is 6.26 Å². The second-order valence-corrected chi connectivity index (χ2v) is 7.27. The molecule has 1 unspecified atom stereocenters. The monoisotopic (exact) mass is 201 g/mol. The van der Waals surface area contributed by atoms with Gasteiger partial charge >= 0.3 is 0 Å². The van der Waals surface area contributed by atoms with Crippen LogP contribution in [0.2, 0.25) is 0 Å². The van der Waals surface area contributed by atoms with Gasteiger partial charge in [-0.1, -0.05) is 6.92 Å². The van der Waals surface area contributed by atoms with Crippen LogP contribution in [0, 0.1) is 10.8 Å². The molecule has 0 radical (unpaired) electrons. The summed E-state index contributed by atoms with van der Waals surface area (Å²) in [5, 5.41) is 0. The molecule has 2 bridgehead atoms. The Balaban J connectivity index is 2.02. The van der Waals surface area contributed by atoms with Gasteiger partial charge in [0.05, 0.1) is 5.41 Å². The average Bonchev–Trinajstić information content (AvgIpc) is 1.73. The molecule has 3 aliphatic rings. The third kappa shape index (κ3) is 1.27. The molecule has 0 aromatic rings. The van der Waals surface area contributed by atoms with Crippen LogP contribution in [0.4, 0.5) is 0 Å². The number of hydrogen-bond acceptors (Lipinski definition) is 2. The molecule has 3 aliphatic carbocycles. The van der Waals surface area contributed by atoms with Crippen LogP contribution in [0.3, 0.4) is 0 Å². The van der Waals surface area contributed by atoms with Crippen LogP contribution in [0.25, 0.3) is 0 Å². The summed E-state index contributed by atoms with van der Waals surface area (Å²) in [4.78, 5) is 11.6. The minimum atomic E-state index is -2.38. The second kappa shape index (κ2) is 2.11. The maximum Gasteiger partial charge on any atom is 0.237 e. The molecule has 13 heavy (non-hydrogen) atoms. The van der Waals surface area contributed by atoms with Gasteiger partial charge in [0.15, 0.2) is 0 Å². The fourth-order valence-corrected chi connectivity index (χ4v) is 3.45. The zero-order chi connectivity index (χ0) is 9.91. The number of carbonyl (C=O) groups is 1. The minimum Gasteiger partial charge on any atom is -0.283 e. The van der Waals surface area contributed by atoms with Crippen molar-refractivity contribution in [1.29, 1.82) is 0 Å². The van der Waals surface area contributed by atoms with Gasteiger partial charge in [-0.15, -0.1) is 0 Å². The van der Waals surface area contributed by atoms with E-state index in [1.54, 1.807) is 0 Å². The standard InChI is InChI=1S/C9H15NO2S/c1-8-4-9(5-8,6-8)7(11)10-13(2,3)12/h2,4-6H2,1,3H3,(H,10,11,12). The van der Waals surface area contributed by atoms with Crippen molar-refractivity contribution in [3.8, 4) is 0 Å². The molecular weight excluding hydrogens is 186 g/mol. The highest BCUT2D eigenvalue weighted by Gasteiger charge is 2.68. The largest absolute Gasteiger partial charge is 0.283 e. The summed E-state index contributed by atoms with van der Waals surface area (Å²) in [5.74, 6) is 3.36. The molecule has 1 amide bonds.